The second-order valence-corrected chi connectivity index (χ2v) is 5.58. The summed E-state index contributed by atoms with van der Waals surface area (Å²) < 4.78 is 14.9. The number of hydrogen-bond donors (Lipinski definition) is 2. The average molecular weight is 336 g/mol. The number of hydrogen-bond acceptors (Lipinski definition) is 4. The van der Waals surface area contributed by atoms with E-state index in [1.165, 1.54) is 16.6 Å². The van der Waals surface area contributed by atoms with E-state index in [1.807, 2.05) is 6.92 Å². The molecule has 6 nitrogen and oxygen atoms in total. The van der Waals surface area contributed by atoms with Crippen LogP contribution in [0.25, 0.3) is 5.78 Å². The molecule has 0 aliphatic rings. The smallest absolute Gasteiger partial charge is 0.275 e. The number of nitrogens with zero attached hydrogens (tertiary/aromatic N) is 3. The highest BCUT2D eigenvalue weighted by molar-refractivity contribution is 6.30. The first-order chi connectivity index (χ1) is 11.1. The number of aryl methyl sites for hydroxylation is 1. The van der Waals surface area contributed by atoms with Gasteiger partial charge in [-0.3, -0.25) is 4.79 Å². The second kappa shape index (κ2) is 6.37. The van der Waals surface area contributed by atoms with Gasteiger partial charge in [0, 0.05) is 28.9 Å². The van der Waals surface area contributed by atoms with Gasteiger partial charge in [-0.05, 0) is 18.6 Å². The summed E-state index contributed by atoms with van der Waals surface area (Å²) in [4.78, 5) is 19.3. The van der Waals surface area contributed by atoms with Crippen LogP contribution in [0.4, 0.5) is 10.3 Å². The summed E-state index contributed by atoms with van der Waals surface area (Å²) in [6, 6.07) is 5.95. The van der Waals surface area contributed by atoms with Crippen LogP contribution in [0.1, 0.15) is 24.6 Å². The van der Waals surface area contributed by atoms with Gasteiger partial charge in [0.15, 0.2) is 0 Å². The molecule has 0 fully saturated rings. The number of rotatable bonds is 5. The molecule has 0 spiro atoms. The molecule has 0 unspecified atom stereocenters. The first kappa shape index (κ1) is 15.5. The minimum atomic E-state index is -0.407. The van der Waals surface area contributed by atoms with E-state index in [9.17, 15) is 9.18 Å². The molecule has 3 rings (SSSR count). The van der Waals surface area contributed by atoms with Crippen LogP contribution >= 0.6 is 11.6 Å². The number of H-pyrrole nitrogens is 1. The zero-order valence-electron chi connectivity index (χ0n) is 12.4. The van der Waals surface area contributed by atoms with Crippen molar-refractivity contribution in [1.29, 1.82) is 0 Å². The molecule has 2 N–H and O–H groups in total. The van der Waals surface area contributed by atoms with Gasteiger partial charge in [0.1, 0.15) is 5.82 Å². The first-order valence-corrected chi connectivity index (χ1v) is 7.61. The van der Waals surface area contributed by atoms with Gasteiger partial charge in [-0.25, -0.2) is 4.39 Å². The van der Waals surface area contributed by atoms with Crippen molar-refractivity contribution < 1.29 is 4.39 Å². The maximum Gasteiger partial charge on any atom is 0.275 e. The Morgan fingerprint density at radius 3 is 2.96 bits per heavy atom. The van der Waals surface area contributed by atoms with Crippen molar-refractivity contribution in [1.82, 2.24) is 19.6 Å². The average Bonchev–Trinajstić information content (AvgIpc) is 2.90. The molecule has 23 heavy (non-hydrogen) atoms. The molecule has 0 saturated carbocycles. The van der Waals surface area contributed by atoms with Gasteiger partial charge >= 0.3 is 0 Å². The third-order valence-electron chi connectivity index (χ3n) is 3.36. The Kier molecular flexibility index (Phi) is 4.29. The summed E-state index contributed by atoms with van der Waals surface area (Å²) in [7, 11) is 0. The largest absolute Gasteiger partial charge is 0.349 e. The topological polar surface area (TPSA) is 75.1 Å². The molecular weight excluding hydrogens is 321 g/mol. The van der Waals surface area contributed by atoms with Gasteiger partial charge in [0.05, 0.1) is 0 Å². The van der Waals surface area contributed by atoms with E-state index >= 15 is 0 Å². The lowest BCUT2D eigenvalue weighted by atomic mass is 10.2. The summed E-state index contributed by atoms with van der Waals surface area (Å²) in [5.41, 5.74) is 0.999. The molecule has 1 aromatic carbocycles. The molecule has 0 aliphatic carbocycles. The van der Waals surface area contributed by atoms with E-state index in [1.54, 1.807) is 12.1 Å². The normalized spacial score (nSPS) is 11.1. The molecule has 0 saturated heterocycles. The van der Waals surface area contributed by atoms with Crippen molar-refractivity contribution in [2.45, 2.75) is 26.3 Å². The van der Waals surface area contributed by atoms with E-state index in [2.05, 4.69) is 20.4 Å². The Morgan fingerprint density at radius 2 is 2.22 bits per heavy atom. The van der Waals surface area contributed by atoms with Crippen molar-refractivity contribution in [3.8, 4) is 0 Å². The fraction of sp³-hybridized carbons (Fsp3) is 0.267. The zero-order chi connectivity index (χ0) is 16.4. The van der Waals surface area contributed by atoms with E-state index in [0.717, 1.165) is 18.5 Å². The molecule has 2 aromatic heterocycles. The molecule has 0 bridgehead atoms. The van der Waals surface area contributed by atoms with E-state index in [4.69, 9.17) is 11.6 Å². The SMILES string of the molecule is CCCc1cc(=O)n2nc(NCc3ccc(Cl)cc3F)nc2[nH]1. The van der Waals surface area contributed by atoms with Crippen LogP contribution in [0.5, 0.6) is 0 Å². The van der Waals surface area contributed by atoms with Gasteiger partial charge in [-0.1, -0.05) is 31.0 Å². The van der Waals surface area contributed by atoms with Crippen molar-refractivity contribution >= 4 is 23.3 Å². The lowest BCUT2D eigenvalue weighted by Gasteiger charge is -2.03. The van der Waals surface area contributed by atoms with Gasteiger partial charge in [0.25, 0.3) is 5.56 Å². The molecule has 0 amide bonds. The number of aromatic nitrogens is 4. The number of benzene rings is 1. The van der Waals surface area contributed by atoms with Gasteiger partial charge in [-0.2, -0.15) is 9.50 Å². The van der Waals surface area contributed by atoms with Crippen LogP contribution in [-0.4, -0.2) is 19.6 Å². The lowest BCUT2D eigenvalue weighted by Crippen LogP contribution is -2.15. The van der Waals surface area contributed by atoms with Gasteiger partial charge in [0.2, 0.25) is 11.7 Å². The molecule has 0 aliphatic heterocycles. The van der Waals surface area contributed by atoms with E-state index in [-0.39, 0.29) is 18.1 Å². The predicted molar refractivity (Wildman–Crippen MR) is 86.3 cm³/mol. The van der Waals surface area contributed by atoms with Crippen molar-refractivity contribution in [3.63, 3.8) is 0 Å². The third kappa shape index (κ3) is 3.34. The number of aromatic amines is 1. The quantitative estimate of drug-likeness (QED) is 0.751. The third-order valence-corrected chi connectivity index (χ3v) is 3.59. The number of nitrogens with one attached hydrogen (secondary N) is 2. The van der Waals surface area contributed by atoms with Crippen LogP contribution in [0, 0.1) is 5.82 Å². The summed E-state index contributed by atoms with van der Waals surface area (Å²) in [5, 5.41) is 7.32. The number of fused-ring (bicyclic) bond motifs is 1. The summed E-state index contributed by atoms with van der Waals surface area (Å²) in [5.74, 6) is 0.205. The Balaban J connectivity index is 1.83. The Bertz CT molecular complexity index is 905. The van der Waals surface area contributed by atoms with E-state index < -0.39 is 5.82 Å². The van der Waals surface area contributed by atoms with E-state index in [0.29, 0.717) is 16.4 Å². The number of anilines is 1. The highest BCUT2D eigenvalue weighted by Crippen LogP contribution is 2.15. The zero-order valence-corrected chi connectivity index (χ0v) is 13.2. The Morgan fingerprint density at radius 1 is 1.39 bits per heavy atom. The molecule has 8 heteroatoms. The molecule has 0 radical (unpaired) electrons. The Hall–Kier alpha value is -2.41. The summed E-state index contributed by atoms with van der Waals surface area (Å²) >= 11 is 5.72. The highest BCUT2D eigenvalue weighted by Gasteiger charge is 2.09. The van der Waals surface area contributed by atoms with Crippen LogP contribution in [0.3, 0.4) is 0 Å². The maximum atomic E-state index is 13.7. The molecule has 3 aromatic rings. The van der Waals surface area contributed by atoms with Gasteiger partial charge < -0.3 is 10.3 Å². The minimum absolute atomic E-state index is 0.190. The minimum Gasteiger partial charge on any atom is -0.349 e. The first-order valence-electron chi connectivity index (χ1n) is 7.23. The van der Waals surface area contributed by atoms with Crippen LogP contribution in [-0.2, 0) is 13.0 Å². The fourth-order valence-electron chi connectivity index (χ4n) is 2.25. The van der Waals surface area contributed by atoms with Crippen molar-refractivity contribution in [3.05, 3.63) is 56.7 Å². The van der Waals surface area contributed by atoms with Crippen LogP contribution in [0.15, 0.2) is 29.1 Å². The maximum absolute atomic E-state index is 13.7. The van der Waals surface area contributed by atoms with Gasteiger partial charge in [-0.15, -0.1) is 5.10 Å². The van der Waals surface area contributed by atoms with Crippen LogP contribution in [0.2, 0.25) is 5.02 Å². The standard InChI is InChI=1S/C15H15ClFN5O/c1-2-3-11-7-13(23)22-15(19-11)20-14(21-22)18-8-9-4-5-10(16)6-12(9)17/h4-7H,2-3,8H2,1H3,(H2,18,19,20,21). The predicted octanol–water partition coefficient (Wildman–Crippen LogP) is 2.77. The highest BCUT2D eigenvalue weighted by atomic mass is 35.5. The second-order valence-electron chi connectivity index (χ2n) is 5.14. The summed E-state index contributed by atoms with van der Waals surface area (Å²) in [6.07, 6.45) is 1.68. The lowest BCUT2D eigenvalue weighted by molar-refractivity contribution is 0.613. The fourth-order valence-corrected chi connectivity index (χ4v) is 2.41. The molecule has 2 heterocycles. The summed E-state index contributed by atoms with van der Waals surface area (Å²) in [6.45, 7) is 2.22. The van der Waals surface area contributed by atoms with Crippen molar-refractivity contribution in [2.24, 2.45) is 0 Å². The molecule has 120 valence electrons. The molecule has 0 atom stereocenters. The van der Waals surface area contributed by atoms with Crippen molar-refractivity contribution in [2.75, 3.05) is 5.32 Å². The monoisotopic (exact) mass is 335 g/mol. The Labute approximate surface area is 136 Å². The van der Waals surface area contributed by atoms with Crippen LogP contribution < -0.4 is 10.9 Å². The number of halogens is 2. The molecular formula is C15H15ClFN5O.